The molecular formula is C26H32BrN5O6. The molecule has 0 radical (unpaired) electrons. The number of hydrogen-bond acceptors (Lipinski definition) is 9. The molecular weight excluding hydrogens is 558 g/mol. The van der Waals surface area contributed by atoms with Crippen molar-refractivity contribution >= 4 is 33.8 Å². The van der Waals surface area contributed by atoms with Crippen LogP contribution >= 0.6 is 15.9 Å². The van der Waals surface area contributed by atoms with E-state index in [4.69, 9.17) is 18.9 Å². The van der Waals surface area contributed by atoms with Gasteiger partial charge >= 0.3 is 5.97 Å². The number of amides is 1. The quantitative estimate of drug-likeness (QED) is 0.484. The van der Waals surface area contributed by atoms with Crippen LogP contribution in [0.2, 0.25) is 0 Å². The van der Waals surface area contributed by atoms with Gasteiger partial charge in [0.1, 0.15) is 18.5 Å². The highest BCUT2D eigenvalue weighted by Crippen LogP contribution is 2.43. The van der Waals surface area contributed by atoms with Crippen molar-refractivity contribution in [3.05, 3.63) is 39.8 Å². The maximum atomic E-state index is 13.5. The van der Waals surface area contributed by atoms with Crippen molar-refractivity contribution in [1.82, 2.24) is 19.7 Å². The van der Waals surface area contributed by atoms with Crippen molar-refractivity contribution in [2.24, 2.45) is 0 Å². The highest BCUT2D eigenvalue weighted by Gasteiger charge is 2.36. The number of esters is 1. The Morgan fingerprint density at radius 2 is 1.95 bits per heavy atom. The molecule has 1 saturated heterocycles. The Balaban J connectivity index is 1.43. The Morgan fingerprint density at radius 1 is 1.18 bits per heavy atom. The number of rotatable bonds is 7. The number of morpholine rings is 1. The van der Waals surface area contributed by atoms with Crippen LogP contribution in [0, 0.1) is 0 Å². The summed E-state index contributed by atoms with van der Waals surface area (Å²) in [7, 11) is 1.53. The lowest BCUT2D eigenvalue weighted by atomic mass is 9.94. The number of anilines is 1. The van der Waals surface area contributed by atoms with Crippen molar-refractivity contribution < 1.29 is 28.5 Å². The first-order valence-electron chi connectivity index (χ1n) is 12.9. The van der Waals surface area contributed by atoms with Crippen molar-refractivity contribution in [1.29, 1.82) is 0 Å². The lowest BCUT2D eigenvalue weighted by molar-refractivity contribution is -0.146. The number of halogens is 1. The Hall–Kier alpha value is -3.12. The fourth-order valence-electron chi connectivity index (χ4n) is 5.14. The van der Waals surface area contributed by atoms with Crippen molar-refractivity contribution in [2.75, 3.05) is 45.3 Å². The number of carbonyl (C=O) groups excluding carboxylic acids is 2. The Kier molecular flexibility index (Phi) is 8.18. The van der Waals surface area contributed by atoms with Crippen molar-refractivity contribution in [3.63, 3.8) is 0 Å². The zero-order valence-electron chi connectivity index (χ0n) is 21.6. The van der Waals surface area contributed by atoms with Gasteiger partial charge in [-0.05, 0) is 66.2 Å². The zero-order chi connectivity index (χ0) is 26.6. The second-order valence-corrected chi connectivity index (χ2v) is 10.4. The number of nitrogens with one attached hydrogen (secondary N) is 1. The lowest BCUT2D eigenvalue weighted by Gasteiger charge is -2.30. The monoisotopic (exact) mass is 589 g/mol. The number of methoxy groups -OCH3 is 1. The van der Waals surface area contributed by atoms with Crippen molar-refractivity contribution in [3.8, 4) is 11.5 Å². The molecule has 1 saturated carbocycles. The van der Waals surface area contributed by atoms with E-state index in [1.54, 1.807) is 15.6 Å². The van der Waals surface area contributed by atoms with Crippen LogP contribution in [-0.4, -0.2) is 77.7 Å². The van der Waals surface area contributed by atoms with Crippen LogP contribution in [0.25, 0.3) is 0 Å². The fourth-order valence-corrected chi connectivity index (χ4v) is 5.71. The minimum absolute atomic E-state index is 0.0876. The molecule has 1 aromatic heterocycles. The molecule has 1 unspecified atom stereocenters. The summed E-state index contributed by atoms with van der Waals surface area (Å²) in [5, 5.41) is 7.58. The molecule has 204 valence electrons. The molecule has 1 atom stereocenters. The van der Waals surface area contributed by atoms with E-state index < -0.39 is 6.04 Å². The van der Waals surface area contributed by atoms with Crippen LogP contribution in [0.15, 0.2) is 34.2 Å². The number of allylic oxidation sites excluding steroid dienone is 1. The van der Waals surface area contributed by atoms with Crippen LogP contribution in [-0.2, 0) is 19.1 Å². The first-order chi connectivity index (χ1) is 18.5. The molecule has 3 heterocycles. The number of ether oxygens (including phenoxy) is 4. The van der Waals surface area contributed by atoms with E-state index in [1.807, 2.05) is 13.0 Å². The smallest absolute Gasteiger partial charge is 0.338 e. The van der Waals surface area contributed by atoms with Crippen LogP contribution < -0.4 is 14.8 Å². The number of aromatic nitrogens is 3. The van der Waals surface area contributed by atoms with Crippen LogP contribution in [0.1, 0.15) is 50.6 Å². The Bertz CT molecular complexity index is 1220. The molecule has 3 aliphatic rings. The standard InChI is InChI=1S/C26H32BrN5O6/c1-16-22(25(34)38-18-6-4-3-5-7-18)23(32-26(30-16)28-15-29-32)17-12-19(27)24(20(13-17)35-2)37-14-21(33)31-8-10-36-11-9-31/h12-13,15,18,23H,3-11,14H2,1-2H3,(H,28,29,30). The fraction of sp³-hybridized carbons (Fsp3) is 0.538. The summed E-state index contributed by atoms with van der Waals surface area (Å²) in [5.41, 5.74) is 1.84. The number of nitrogens with zero attached hydrogens (tertiary/aromatic N) is 4. The van der Waals surface area contributed by atoms with Crippen LogP contribution in [0.3, 0.4) is 0 Å². The number of fused-ring (bicyclic) bond motifs is 1. The van der Waals surface area contributed by atoms with Gasteiger partial charge in [0.05, 0.1) is 30.4 Å². The number of hydrogen-bond donors (Lipinski definition) is 1. The minimum atomic E-state index is -0.598. The van der Waals surface area contributed by atoms with Gasteiger partial charge in [0.2, 0.25) is 5.95 Å². The van der Waals surface area contributed by atoms with Crippen LogP contribution in [0.5, 0.6) is 11.5 Å². The third-order valence-electron chi connectivity index (χ3n) is 7.11. The third-order valence-corrected chi connectivity index (χ3v) is 7.70. The second kappa shape index (κ2) is 11.7. The molecule has 1 amide bonds. The molecule has 1 aliphatic carbocycles. The summed E-state index contributed by atoms with van der Waals surface area (Å²) in [6.45, 7) is 3.83. The molecule has 1 N–H and O–H groups in total. The SMILES string of the molecule is COc1cc(C2C(C(=O)OC3CCCCC3)=C(C)Nc3ncnn32)cc(Br)c1OCC(=O)N1CCOCC1. The molecule has 2 fully saturated rings. The summed E-state index contributed by atoms with van der Waals surface area (Å²) in [4.78, 5) is 32.2. The Morgan fingerprint density at radius 3 is 2.68 bits per heavy atom. The van der Waals surface area contributed by atoms with E-state index in [-0.39, 0.29) is 24.6 Å². The van der Waals surface area contributed by atoms with Gasteiger partial charge < -0.3 is 29.2 Å². The molecule has 5 rings (SSSR count). The molecule has 0 spiro atoms. The van der Waals surface area contributed by atoms with Crippen LogP contribution in [0.4, 0.5) is 5.95 Å². The lowest BCUT2D eigenvalue weighted by Crippen LogP contribution is -2.43. The van der Waals surface area contributed by atoms with Gasteiger partial charge in [0, 0.05) is 18.8 Å². The summed E-state index contributed by atoms with van der Waals surface area (Å²) in [6.07, 6.45) is 6.39. The molecule has 12 heteroatoms. The average Bonchev–Trinajstić information content (AvgIpc) is 3.40. The summed E-state index contributed by atoms with van der Waals surface area (Å²) in [5.74, 6) is 0.843. The highest BCUT2D eigenvalue weighted by atomic mass is 79.9. The second-order valence-electron chi connectivity index (χ2n) is 9.58. The zero-order valence-corrected chi connectivity index (χ0v) is 23.2. The molecule has 2 aliphatic heterocycles. The van der Waals surface area contributed by atoms with Gasteiger partial charge in [-0.15, -0.1) is 0 Å². The van der Waals surface area contributed by atoms with E-state index >= 15 is 0 Å². The van der Waals surface area contributed by atoms with Gasteiger partial charge in [-0.3, -0.25) is 4.79 Å². The Labute approximate surface area is 229 Å². The maximum Gasteiger partial charge on any atom is 0.338 e. The molecule has 1 aromatic carbocycles. The predicted octanol–water partition coefficient (Wildman–Crippen LogP) is 3.45. The van der Waals surface area contributed by atoms with E-state index in [0.717, 1.165) is 31.2 Å². The molecule has 38 heavy (non-hydrogen) atoms. The summed E-state index contributed by atoms with van der Waals surface area (Å²) in [6, 6.07) is 3.04. The van der Waals surface area contributed by atoms with Gasteiger partial charge in [-0.1, -0.05) is 6.42 Å². The summed E-state index contributed by atoms with van der Waals surface area (Å²) >= 11 is 3.59. The van der Waals surface area contributed by atoms with Gasteiger partial charge in [0.15, 0.2) is 18.1 Å². The van der Waals surface area contributed by atoms with Crippen molar-refractivity contribution in [2.45, 2.75) is 51.2 Å². The van der Waals surface area contributed by atoms with E-state index in [9.17, 15) is 9.59 Å². The summed E-state index contributed by atoms with van der Waals surface area (Å²) < 4.78 is 25.1. The molecule has 11 nitrogen and oxygen atoms in total. The first-order valence-corrected chi connectivity index (χ1v) is 13.7. The van der Waals surface area contributed by atoms with E-state index in [2.05, 4.69) is 31.3 Å². The average molecular weight is 590 g/mol. The van der Waals surface area contributed by atoms with E-state index in [1.165, 1.54) is 19.9 Å². The highest BCUT2D eigenvalue weighted by molar-refractivity contribution is 9.10. The molecule has 2 aromatic rings. The van der Waals surface area contributed by atoms with E-state index in [0.29, 0.717) is 59.5 Å². The van der Waals surface area contributed by atoms with Gasteiger partial charge in [0.25, 0.3) is 5.91 Å². The normalized spacial score (nSPS) is 20.0. The minimum Gasteiger partial charge on any atom is -0.493 e. The third kappa shape index (κ3) is 5.51. The predicted molar refractivity (Wildman–Crippen MR) is 141 cm³/mol. The number of carbonyl (C=O) groups is 2. The first kappa shape index (κ1) is 26.5. The number of benzene rings is 1. The largest absolute Gasteiger partial charge is 0.493 e. The molecule has 0 bridgehead atoms. The van der Waals surface area contributed by atoms with Gasteiger partial charge in [-0.25, -0.2) is 9.48 Å². The maximum absolute atomic E-state index is 13.5. The van der Waals surface area contributed by atoms with Gasteiger partial charge in [-0.2, -0.15) is 10.1 Å². The topological polar surface area (TPSA) is 117 Å².